The highest BCUT2D eigenvalue weighted by Gasteiger charge is 2.27. The minimum atomic E-state index is -4.22. The van der Waals surface area contributed by atoms with Gasteiger partial charge in [-0.25, -0.2) is 9.97 Å². The standard InChI is InChI=1S/C15H13F3N4S/c16-15(17,18)23-9-7-19-13-14-20-6-8-22(14)10-12(21-13)11-4-2-1-3-5-11/h1-6,8,10H,7,9H2,(H,19,21). The molecule has 0 atom stereocenters. The quantitative estimate of drug-likeness (QED) is 0.713. The summed E-state index contributed by atoms with van der Waals surface area (Å²) in [6.07, 6.45) is 5.24. The van der Waals surface area contributed by atoms with Crippen LogP contribution in [0.5, 0.6) is 0 Å². The third-order valence-electron chi connectivity index (χ3n) is 3.10. The van der Waals surface area contributed by atoms with E-state index >= 15 is 0 Å². The van der Waals surface area contributed by atoms with E-state index in [1.807, 2.05) is 36.5 Å². The second-order valence-electron chi connectivity index (χ2n) is 4.72. The molecule has 1 N–H and O–H groups in total. The topological polar surface area (TPSA) is 42.2 Å². The van der Waals surface area contributed by atoms with E-state index in [0.29, 0.717) is 11.5 Å². The number of aromatic nitrogens is 3. The van der Waals surface area contributed by atoms with E-state index in [9.17, 15) is 13.2 Å². The van der Waals surface area contributed by atoms with E-state index in [1.165, 1.54) is 0 Å². The lowest BCUT2D eigenvalue weighted by molar-refractivity contribution is -0.0327. The average molecular weight is 338 g/mol. The fourth-order valence-corrected chi connectivity index (χ4v) is 2.57. The number of rotatable bonds is 5. The van der Waals surface area contributed by atoms with E-state index in [0.717, 1.165) is 11.3 Å². The molecule has 0 aliphatic rings. The molecule has 0 aliphatic heterocycles. The van der Waals surface area contributed by atoms with Crippen LogP contribution in [0, 0.1) is 0 Å². The van der Waals surface area contributed by atoms with Crippen molar-refractivity contribution in [1.29, 1.82) is 0 Å². The fourth-order valence-electron chi connectivity index (χ4n) is 2.13. The van der Waals surface area contributed by atoms with Gasteiger partial charge < -0.3 is 9.72 Å². The number of imidazole rings is 1. The smallest absolute Gasteiger partial charge is 0.366 e. The maximum atomic E-state index is 12.2. The first kappa shape index (κ1) is 15.7. The highest BCUT2D eigenvalue weighted by atomic mass is 32.2. The summed E-state index contributed by atoms with van der Waals surface area (Å²) in [6, 6.07) is 9.57. The van der Waals surface area contributed by atoms with Gasteiger partial charge in [-0.3, -0.25) is 0 Å². The minimum absolute atomic E-state index is 0.0566. The van der Waals surface area contributed by atoms with Crippen LogP contribution in [-0.4, -0.2) is 32.2 Å². The number of hydrogen-bond acceptors (Lipinski definition) is 4. The number of fused-ring (bicyclic) bond motifs is 1. The second kappa shape index (κ2) is 6.49. The maximum absolute atomic E-state index is 12.2. The predicted octanol–water partition coefficient (Wildman–Crippen LogP) is 4.06. The molecule has 0 saturated carbocycles. The molecular weight excluding hydrogens is 325 g/mol. The summed E-state index contributed by atoms with van der Waals surface area (Å²) in [5.41, 5.74) is -1.98. The number of alkyl halides is 3. The second-order valence-corrected chi connectivity index (χ2v) is 5.88. The molecule has 2 heterocycles. The molecule has 4 nitrogen and oxygen atoms in total. The molecule has 0 unspecified atom stereocenters. The normalized spacial score (nSPS) is 11.8. The van der Waals surface area contributed by atoms with E-state index in [-0.39, 0.29) is 24.1 Å². The van der Waals surface area contributed by atoms with Crippen LogP contribution in [0.2, 0.25) is 0 Å². The Hall–Kier alpha value is -2.22. The number of anilines is 1. The van der Waals surface area contributed by atoms with Crippen molar-refractivity contribution < 1.29 is 13.2 Å². The van der Waals surface area contributed by atoms with Crippen LogP contribution >= 0.6 is 11.8 Å². The first-order chi connectivity index (χ1) is 11.0. The first-order valence-electron chi connectivity index (χ1n) is 6.87. The summed E-state index contributed by atoms with van der Waals surface area (Å²) < 4.78 is 38.3. The molecule has 23 heavy (non-hydrogen) atoms. The van der Waals surface area contributed by atoms with Gasteiger partial charge >= 0.3 is 5.51 Å². The number of hydrogen-bond donors (Lipinski definition) is 1. The summed E-state index contributed by atoms with van der Waals surface area (Å²) in [4.78, 5) is 8.68. The Balaban J connectivity index is 1.83. The van der Waals surface area contributed by atoms with Crippen LogP contribution in [0.1, 0.15) is 0 Å². The summed E-state index contributed by atoms with van der Waals surface area (Å²) in [7, 11) is 0. The van der Waals surface area contributed by atoms with Gasteiger partial charge in [0.1, 0.15) is 0 Å². The molecule has 0 radical (unpaired) electrons. The molecule has 120 valence electrons. The highest BCUT2D eigenvalue weighted by molar-refractivity contribution is 8.00. The minimum Gasteiger partial charge on any atom is -0.366 e. The van der Waals surface area contributed by atoms with Gasteiger partial charge in [-0.15, -0.1) is 0 Å². The zero-order valence-corrected chi connectivity index (χ0v) is 12.7. The molecule has 0 bridgehead atoms. The monoisotopic (exact) mass is 338 g/mol. The lowest BCUT2D eigenvalue weighted by Gasteiger charge is -2.10. The van der Waals surface area contributed by atoms with Gasteiger partial charge in [-0.1, -0.05) is 30.3 Å². The third kappa shape index (κ3) is 3.95. The Morgan fingerprint density at radius 3 is 2.70 bits per heavy atom. The third-order valence-corrected chi connectivity index (χ3v) is 3.84. The van der Waals surface area contributed by atoms with Crippen LogP contribution in [0.3, 0.4) is 0 Å². The van der Waals surface area contributed by atoms with E-state index in [2.05, 4.69) is 15.3 Å². The summed E-state index contributed by atoms with van der Waals surface area (Å²) in [6.45, 7) is 0.151. The zero-order valence-electron chi connectivity index (χ0n) is 11.9. The van der Waals surface area contributed by atoms with Crippen molar-refractivity contribution in [1.82, 2.24) is 14.4 Å². The lowest BCUT2D eigenvalue weighted by atomic mass is 10.2. The Kier molecular flexibility index (Phi) is 4.42. The highest BCUT2D eigenvalue weighted by Crippen LogP contribution is 2.29. The molecule has 0 amide bonds. The van der Waals surface area contributed by atoms with E-state index < -0.39 is 5.51 Å². The van der Waals surface area contributed by atoms with Gasteiger partial charge in [0.25, 0.3) is 0 Å². The molecule has 2 aromatic heterocycles. The molecule has 0 spiro atoms. The van der Waals surface area contributed by atoms with Gasteiger partial charge in [-0.05, 0) is 11.8 Å². The molecule has 1 aromatic carbocycles. The summed E-state index contributed by atoms with van der Waals surface area (Å²) in [5.74, 6) is 0.382. The number of nitrogens with one attached hydrogen (secondary N) is 1. The molecule has 3 rings (SSSR count). The Bertz CT molecular complexity index is 786. The van der Waals surface area contributed by atoms with Crippen LogP contribution in [0.25, 0.3) is 16.9 Å². The maximum Gasteiger partial charge on any atom is 0.441 e. The van der Waals surface area contributed by atoms with Gasteiger partial charge in [0.05, 0.1) is 5.69 Å². The van der Waals surface area contributed by atoms with Crippen molar-refractivity contribution in [2.75, 3.05) is 17.6 Å². The van der Waals surface area contributed by atoms with Crippen molar-refractivity contribution in [3.05, 3.63) is 48.9 Å². The molecular formula is C15H13F3N4S. The number of nitrogens with zero attached hydrogens (tertiary/aromatic N) is 3. The van der Waals surface area contributed by atoms with Crippen LogP contribution in [0.15, 0.2) is 48.9 Å². The molecule has 3 aromatic rings. The van der Waals surface area contributed by atoms with Crippen LogP contribution in [-0.2, 0) is 0 Å². The molecule has 0 fully saturated rings. The number of thioether (sulfide) groups is 1. The number of benzene rings is 1. The Morgan fingerprint density at radius 1 is 1.17 bits per heavy atom. The summed E-state index contributed by atoms with van der Waals surface area (Å²) in [5, 5.41) is 2.94. The average Bonchev–Trinajstić information content (AvgIpc) is 3.00. The van der Waals surface area contributed by atoms with Crippen molar-refractivity contribution in [3.8, 4) is 11.3 Å². The Morgan fingerprint density at radius 2 is 1.96 bits per heavy atom. The Labute approximate surface area is 134 Å². The number of halogens is 3. The van der Waals surface area contributed by atoms with E-state index in [1.54, 1.807) is 16.8 Å². The fraction of sp³-hybridized carbons (Fsp3) is 0.200. The summed E-state index contributed by atoms with van der Waals surface area (Å²) >= 11 is -0.0566. The van der Waals surface area contributed by atoms with Gasteiger partial charge in [0.2, 0.25) is 0 Å². The van der Waals surface area contributed by atoms with E-state index in [4.69, 9.17) is 0 Å². The molecule has 0 aliphatic carbocycles. The van der Waals surface area contributed by atoms with Crippen molar-refractivity contribution in [2.24, 2.45) is 0 Å². The predicted molar refractivity (Wildman–Crippen MR) is 85.4 cm³/mol. The van der Waals surface area contributed by atoms with Crippen molar-refractivity contribution in [3.63, 3.8) is 0 Å². The van der Waals surface area contributed by atoms with Crippen LogP contribution < -0.4 is 5.32 Å². The van der Waals surface area contributed by atoms with Crippen molar-refractivity contribution in [2.45, 2.75) is 5.51 Å². The SMILES string of the molecule is FC(F)(F)SCCNc1nc(-c2ccccc2)cn2ccnc12. The molecule has 8 heteroatoms. The lowest BCUT2D eigenvalue weighted by Crippen LogP contribution is -2.11. The molecule has 0 saturated heterocycles. The first-order valence-corrected chi connectivity index (χ1v) is 7.85. The van der Waals surface area contributed by atoms with Crippen LogP contribution in [0.4, 0.5) is 19.0 Å². The van der Waals surface area contributed by atoms with Gasteiger partial charge in [0, 0.05) is 36.5 Å². The largest absolute Gasteiger partial charge is 0.441 e. The van der Waals surface area contributed by atoms with Crippen molar-refractivity contribution >= 4 is 23.2 Å². The zero-order chi connectivity index (χ0) is 16.3. The van der Waals surface area contributed by atoms with Gasteiger partial charge in [-0.2, -0.15) is 13.2 Å². The van der Waals surface area contributed by atoms with Gasteiger partial charge in [0.15, 0.2) is 11.5 Å².